The van der Waals surface area contributed by atoms with Crippen molar-refractivity contribution >= 4 is 5.97 Å². The van der Waals surface area contributed by atoms with Gasteiger partial charge in [0.2, 0.25) is 0 Å². The highest BCUT2D eigenvalue weighted by Gasteiger charge is 2.44. The van der Waals surface area contributed by atoms with Crippen molar-refractivity contribution in [1.29, 1.82) is 0 Å². The molecule has 26 heavy (non-hydrogen) atoms. The summed E-state index contributed by atoms with van der Waals surface area (Å²) in [5, 5.41) is 0. The van der Waals surface area contributed by atoms with Crippen LogP contribution < -0.4 is 0 Å². The molecule has 0 aliphatic carbocycles. The van der Waals surface area contributed by atoms with Gasteiger partial charge in [0.05, 0.1) is 0 Å². The third kappa shape index (κ3) is 2.95. The van der Waals surface area contributed by atoms with E-state index < -0.39 is 5.41 Å². The number of nitrogens with zero attached hydrogens (tertiary/aromatic N) is 1. The fourth-order valence-corrected chi connectivity index (χ4v) is 4.67. The second-order valence-electron chi connectivity index (χ2n) is 7.91. The molecule has 2 heterocycles. The van der Waals surface area contributed by atoms with Crippen molar-refractivity contribution in [3.63, 3.8) is 0 Å². The molecule has 4 rings (SSSR count). The molecule has 0 saturated carbocycles. The molecule has 2 aliphatic rings. The summed E-state index contributed by atoms with van der Waals surface area (Å²) in [4.78, 5) is 15.9. The average molecular weight is 349 g/mol. The predicted octanol–water partition coefficient (Wildman–Crippen LogP) is 4.16. The number of esters is 1. The Morgan fingerprint density at radius 1 is 0.923 bits per heavy atom. The SMILES string of the molecule is CN1C2CCC1CC(OC(=O)C(C)(c1ccccc1)c1ccccc1)C2. The summed E-state index contributed by atoms with van der Waals surface area (Å²) >= 11 is 0. The van der Waals surface area contributed by atoms with Gasteiger partial charge in [-0.05, 0) is 50.8 Å². The predicted molar refractivity (Wildman–Crippen MR) is 103 cm³/mol. The van der Waals surface area contributed by atoms with E-state index in [4.69, 9.17) is 4.74 Å². The third-order valence-corrected chi connectivity index (χ3v) is 6.44. The zero-order chi connectivity index (χ0) is 18.1. The summed E-state index contributed by atoms with van der Waals surface area (Å²) in [6.45, 7) is 1.99. The van der Waals surface area contributed by atoms with Gasteiger partial charge in [0, 0.05) is 12.1 Å². The number of benzene rings is 2. The van der Waals surface area contributed by atoms with Crippen LogP contribution in [-0.4, -0.2) is 36.1 Å². The van der Waals surface area contributed by atoms with Crippen LogP contribution in [0.5, 0.6) is 0 Å². The first kappa shape index (κ1) is 17.3. The lowest BCUT2D eigenvalue weighted by Gasteiger charge is -2.38. The second-order valence-corrected chi connectivity index (χ2v) is 7.91. The van der Waals surface area contributed by atoms with E-state index in [0.29, 0.717) is 12.1 Å². The standard InChI is InChI=1S/C23H27NO2/c1-23(17-9-5-3-6-10-17,18-11-7-4-8-12-18)22(25)26-21-15-19-13-14-20(16-21)24(19)2/h3-12,19-21H,13-16H2,1-2H3. The maximum Gasteiger partial charge on any atom is 0.321 e. The van der Waals surface area contributed by atoms with E-state index >= 15 is 0 Å². The lowest BCUT2D eigenvalue weighted by molar-refractivity contribution is -0.157. The molecule has 0 amide bonds. The highest BCUT2D eigenvalue weighted by atomic mass is 16.5. The highest BCUT2D eigenvalue weighted by molar-refractivity contribution is 5.87. The normalized spacial score (nSPS) is 25.8. The van der Waals surface area contributed by atoms with Gasteiger partial charge in [-0.1, -0.05) is 60.7 Å². The minimum atomic E-state index is -0.787. The van der Waals surface area contributed by atoms with Crippen LogP contribution in [0.3, 0.4) is 0 Å². The minimum absolute atomic E-state index is 0.0305. The fourth-order valence-electron chi connectivity index (χ4n) is 4.67. The van der Waals surface area contributed by atoms with Gasteiger partial charge in [0.25, 0.3) is 0 Å². The van der Waals surface area contributed by atoms with Gasteiger partial charge in [-0.3, -0.25) is 4.79 Å². The Balaban J connectivity index is 1.61. The molecular weight excluding hydrogens is 322 g/mol. The second kappa shape index (κ2) is 6.88. The third-order valence-electron chi connectivity index (χ3n) is 6.44. The quantitative estimate of drug-likeness (QED) is 0.776. The summed E-state index contributed by atoms with van der Waals surface area (Å²) in [6.07, 6.45) is 4.40. The minimum Gasteiger partial charge on any atom is -0.461 e. The maximum absolute atomic E-state index is 13.4. The molecule has 136 valence electrons. The molecule has 2 saturated heterocycles. The highest BCUT2D eigenvalue weighted by Crippen LogP contribution is 2.38. The van der Waals surface area contributed by atoms with Crippen LogP contribution in [0, 0.1) is 0 Å². The van der Waals surface area contributed by atoms with E-state index in [1.165, 1.54) is 12.8 Å². The lowest BCUT2D eigenvalue weighted by Crippen LogP contribution is -2.45. The Hall–Kier alpha value is -2.13. The van der Waals surface area contributed by atoms with E-state index in [0.717, 1.165) is 24.0 Å². The molecule has 0 spiro atoms. The van der Waals surface area contributed by atoms with Gasteiger partial charge in [-0.2, -0.15) is 0 Å². The van der Waals surface area contributed by atoms with Gasteiger partial charge >= 0.3 is 5.97 Å². The monoisotopic (exact) mass is 349 g/mol. The van der Waals surface area contributed by atoms with Crippen LogP contribution >= 0.6 is 0 Å². The number of hydrogen-bond acceptors (Lipinski definition) is 3. The summed E-state index contributed by atoms with van der Waals surface area (Å²) < 4.78 is 6.13. The van der Waals surface area contributed by atoms with Crippen molar-refractivity contribution in [2.24, 2.45) is 0 Å². The van der Waals surface area contributed by atoms with Crippen molar-refractivity contribution in [1.82, 2.24) is 4.90 Å². The molecule has 2 bridgehead atoms. The van der Waals surface area contributed by atoms with Crippen molar-refractivity contribution in [2.75, 3.05) is 7.05 Å². The summed E-state index contributed by atoms with van der Waals surface area (Å²) in [7, 11) is 2.21. The van der Waals surface area contributed by atoms with Crippen LogP contribution in [0.25, 0.3) is 0 Å². The molecule has 3 heteroatoms. The van der Waals surface area contributed by atoms with Gasteiger partial charge in [0.1, 0.15) is 11.5 Å². The van der Waals surface area contributed by atoms with Gasteiger partial charge in [-0.15, -0.1) is 0 Å². The number of hydrogen-bond donors (Lipinski definition) is 0. The lowest BCUT2D eigenvalue weighted by atomic mass is 9.76. The molecule has 2 unspecified atom stereocenters. The van der Waals surface area contributed by atoms with Crippen LogP contribution in [0.4, 0.5) is 0 Å². The molecule has 2 aromatic rings. The van der Waals surface area contributed by atoms with Crippen molar-refractivity contribution in [2.45, 2.75) is 56.2 Å². The zero-order valence-electron chi connectivity index (χ0n) is 15.6. The maximum atomic E-state index is 13.4. The Morgan fingerprint density at radius 2 is 1.38 bits per heavy atom. The van der Waals surface area contributed by atoms with Gasteiger partial charge < -0.3 is 9.64 Å². The number of carbonyl (C=O) groups excluding carboxylic acids is 1. The molecule has 0 aromatic heterocycles. The van der Waals surface area contributed by atoms with Crippen molar-refractivity contribution < 1.29 is 9.53 Å². The van der Waals surface area contributed by atoms with E-state index in [1.807, 2.05) is 67.6 Å². The Bertz CT molecular complexity index is 705. The zero-order valence-corrected chi connectivity index (χ0v) is 15.6. The van der Waals surface area contributed by atoms with Crippen LogP contribution in [0.2, 0.25) is 0 Å². The van der Waals surface area contributed by atoms with Gasteiger partial charge in [0.15, 0.2) is 0 Å². The smallest absolute Gasteiger partial charge is 0.321 e. The molecule has 2 aliphatic heterocycles. The van der Waals surface area contributed by atoms with Crippen LogP contribution in [-0.2, 0) is 14.9 Å². The van der Waals surface area contributed by atoms with Crippen molar-refractivity contribution in [3.05, 3.63) is 71.8 Å². The molecular formula is C23H27NO2. The molecule has 2 aromatic carbocycles. The summed E-state index contributed by atoms with van der Waals surface area (Å²) in [5.41, 5.74) is 1.17. The number of rotatable bonds is 4. The number of carbonyl (C=O) groups is 1. The topological polar surface area (TPSA) is 29.5 Å². The van der Waals surface area contributed by atoms with Crippen molar-refractivity contribution in [3.8, 4) is 0 Å². The summed E-state index contributed by atoms with van der Waals surface area (Å²) in [5.74, 6) is -0.135. The summed E-state index contributed by atoms with van der Waals surface area (Å²) in [6, 6.07) is 21.1. The Labute approximate surface area is 156 Å². The van der Waals surface area contributed by atoms with Gasteiger partial charge in [-0.25, -0.2) is 0 Å². The number of piperidine rings is 1. The Kier molecular flexibility index (Phi) is 4.58. The molecule has 2 atom stereocenters. The average Bonchev–Trinajstić information content (AvgIpc) is 2.89. The number of fused-ring (bicyclic) bond motifs is 2. The van der Waals surface area contributed by atoms with E-state index in [2.05, 4.69) is 11.9 Å². The van der Waals surface area contributed by atoms with E-state index in [-0.39, 0.29) is 12.1 Å². The molecule has 2 fully saturated rings. The largest absolute Gasteiger partial charge is 0.461 e. The fraction of sp³-hybridized carbons (Fsp3) is 0.435. The molecule has 3 nitrogen and oxygen atoms in total. The van der Waals surface area contributed by atoms with Crippen LogP contribution in [0.15, 0.2) is 60.7 Å². The first-order valence-corrected chi connectivity index (χ1v) is 9.63. The van der Waals surface area contributed by atoms with Crippen LogP contribution in [0.1, 0.15) is 43.7 Å². The number of ether oxygens (including phenoxy) is 1. The Morgan fingerprint density at radius 3 is 1.85 bits per heavy atom. The first-order valence-electron chi connectivity index (χ1n) is 9.63. The van der Waals surface area contributed by atoms with E-state index in [9.17, 15) is 4.79 Å². The van der Waals surface area contributed by atoms with E-state index in [1.54, 1.807) is 0 Å². The molecule has 0 N–H and O–H groups in total. The molecule has 0 radical (unpaired) electrons. The first-order chi connectivity index (χ1) is 12.6.